The highest BCUT2D eigenvalue weighted by Gasteiger charge is 2.20. The van der Waals surface area contributed by atoms with Gasteiger partial charge in [0.2, 0.25) is 0 Å². The Kier molecular flexibility index (Phi) is 8.51. The van der Waals surface area contributed by atoms with Crippen LogP contribution in [0.5, 0.6) is 5.75 Å². The highest BCUT2D eigenvalue weighted by Crippen LogP contribution is 2.31. The summed E-state index contributed by atoms with van der Waals surface area (Å²) in [4.78, 5) is 27.2. The number of nitrogens with one attached hydrogen (secondary N) is 1. The van der Waals surface area contributed by atoms with E-state index in [9.17, 15) is 9.59 Å². The molecular formula is C28H31BrN2O3. The zero-order valence-corrected chi connectivity index (χ0v) is 21.7. The second-order valence-electron chi connectivity index (χ2n) is 9.15. The molecular weight excluding hydrogens is 492 g/mol. The van der Waals surface area contributed by atoms with Gasteiger partial charge in [-0.05, 0) is 63.2 Å². The molecule has 0 aliphatic heterocycles. The number of carbonyl (C=O) groups is 2. The highest BCUT2D eigenvalue weighted by molar-refractivity contribution is 9.10. The molecule has 0 bridgehead atoms. The molecule has 1 N–H and O–H groups in total. The zero-order chi connectivity index (χ0) is 24.7. The van der Waals surface area contributed by atoms with Gasteiger partial charge in [-0.25, -0.2) is 0 Å². The van der Waals surface area contributed by atoms with E-state index in [1.165, 1.54) is 10.5 Å². The average Bonchev–Trinajstić information content (AvgIpc) is 2.82. The van der Waals surface area contributed by atoms with Crippen molar-refractivity contribution in [3.63, 3.8) is 0 Å². The van der Waals surface area contributed by atoms with Crippen molar-refractivity contribution in [2.45, 2.75) is 32.6 Å². The van der Waals surface area contributed by atoms with Crippen LogP contribution in [0.1, 0.15) is 42.3 Å². The van der Waals surface area contributed by atoms with Crippen molar-refractivity contribution in [3.8, 4) is 5.75 Å². The van der Waals surface area contributed by atoms with Gasteiger partial charge in [0, 0.05) is 13.6 Å². The SMILES string of the molecule is CN(C(=O)COc1ccc(C(C)(C)C)cc1Br)c1ccccc1C(=O)NCCc1ccccc1. The highest BCUT2D eigenvalue weighted by atomic mass is 79.9. The molecule has 0 saturated heterocycles. The van der Waals surface area contributed by atoms with Crippen LogP contribution >= 0.6 is 15.9 Å². The fourth-order valence-electron chi connectivity index (χ4n) is 3.47. The van der Waals surface area contributed by atoms with Crippen molar-refractivity contribution in [2.75, 3.05) is 25.1 Å². The summed E-state index contributed by atoms with van der Waals surface area (Å²) in [5, 5.41) is 2.95. The predicted octanol–water partition coefficient (Wildman–Crippen LogP) is 5.76. The number of rotatable bonds is 8. The number of nitrogens with zero attached hydrogens (tertiary/aromatic N) is 1. The summed E-state index contributed by atoms with van der Waals surface area (Å²) in [6.07, 6.45) is 0.736. The minimum absolute atomic E-state index is 0.0163. The molecule has 0 spiro atoms. The Morgan fingerprint density at radius 2 is 1.65 bits per heavy atom. The predicted molar refractivity (Wildman–Crippen MR) is 141 cm³/mol. The molecule has 0 radical (unpaired) electrons. The Bertz CT molecular complexity index is 1140. The molecule has 0 aromatic heterocycles. The van der Waals surface area contributed by atoms with Gasteiger partial charge in [0.05, 0.1) is 15.7 Å². The van der Waals surface area contributed by atoms with Crippen molar-refractivity contribution >= 4 is 33.4 Å². The third kappa shape index (κ3) is 6.70. The molecule has 178 valence electrons. The number of carbonyl (C=O) groups excluding carboxylic acids is 2. The number of amides is 2. The standard InChI is InChI=1S/C28H31BrN2O3/c1-28(2,3)21-14-15-25(23(29)18-21)34-19-26(32)31(4)24-13-9-8-12-22(24)27(33)30-17-16-20-10-6-5-7-11-20/h5-15,18H,16-17,19H2,1-4H3,(H,30,33). The van der Waals surface area contributed by atoms with E-state index in [0.717, 1.165) is 16.5 Å². The number of anilines is 1. The van der Waals surface area contributed by atoms with Crippen molar-refractivity contribution in [1.82, 2.24) is 5.32 Å². The lowest BCUT2D eigenvalue weighted by Crippen LogP contribution is -2.34. The lowest BCUT2D eigenvalue weighted by atomic mass is 9.87. The molecule has 3 aromatic rings. The van der Waals surface area contributed by atoms with E-state index in [2.05, 4.69) is 42.0 Å². The van der Waals surface area contributed by atoms with E-state index in [1.807, 2.05) is 54.6 Å². The monoisotopic (exact) mass is 522 g/mol. The molecule has 3 aromatic carbocycles. The van der Waals surface area contributed by atoms with Crippen LogP contribution in [0.4, 0.5) is 5.69 Å². The molecule has 0 fully saturated rings. The second-order valence-corrected chi connectivity index (χ2v) is 10.00. The summed E-state index contributed by atoms with van der Waals surface area (Å²) in [5.74, 6) is 0.130. The Balaban J connectivity index is 1.62. The van der Waals surface area contributed by atoms with Gasteiger partial charge < -0.3 is 15.0 Å². The van der Waals surface area contributed by atoms with E-state index < -0.39 is 0 Å². The van der Waals surface area contributed by atoms with Gasteiger partial charge in [0.25, 0.3) is 11.8 Å². The van der Waals surface area contributed by atoms with Gasteiger partial charge in [0.1, 0.15) is 5.75 Å². The molecule has 34 heavy (non-hydrogen) atoms. The van der Waals surface area contributed by atoms with E-state index in [-0.39, 0.29) is 23.8 Å². The third-order valence-corrected chi connectivity index (χ3v) is 6.19. The normalized spacial score (nSPS) is 11.1. The van der Waals surface area contributed by atoms with Crippen LogP contribution in [0.25, 0.3) is 0 Å². The van der Waals surface area contributed by atoms with Crippen LogP contribution in [0, 0.1) is 0 Å². The van der Waals surface area contributed by atoms with Gasteiger partial charge in [-0.15, -0.1) is 0 Å². The third-order valence-electron chi connectivity index (χ3n) is 5.58. The van der Waals surface area contributed by atoms with Crippen LogP contribution < -0.4 is 15.0 Å². The molecule has 6 heteroatoms. The molecule has 0 atom stereocenters. The van der Waals surface area contributed by atoms with Gasteiger partial charge >= 0.3 is 0 Å². The lowest BCUT2D eigenvalue weighted by Gasteiger charge is -2.22. The first kappa shape index (κ1) is 25.5. The molecule has 3 rings (SSSR count). The largest absolute Gasteiger partial charge is 0.483 e. The molecule has 2 amide bonds. The van der Waals surface area contributed by atoms with E-state index in [1.54, 1.807) is 25.2 Å². The topological polar surface area (TPSA) is 58.6 Å². The van der Waals surface area contributed by atoms with Crippen LogP contribution in [0.15, 0.2) is 77.3 Å². The van der Waals surface area contributed by atoms with Gasteiger partial charge in [-0.1, -0.05) is 69.3 Å². The van der Waals surface area contributed by atoms with Crippen molar-refractivity contribution in [2.24, 2.45) is 0 Å². The van der Waals surface area contributed by atoms with Crippen LogP contribution in [-0.2, 0) is 16.6 Å². The lowest BCUT2D eigenvalue weighted by molar-refractivity contribution is -0.120. The molecule has 0 aliphatic rings. The summed E-state index contributed by atoms with van der Waals surface area (Å²) in [7, 11) is 1.65. The smallest absolute Gasteiger partial charge is 0.264 e. The summed E-state index contributed by atoms with van der Waals surface area (Å²) in [5.41, 5.74) is 3.32. The Hall–Kier alpha value is -3.12. The number of para-hydroxylation sites is 1. The number of halogens is 1. The number of hydrogen-bond donors (Lipinski definition) is 1. The van der Waals surface area contributed by atoms with E-state index in [0.29, 0.717) is 23.5 Å². The first-order valence-electron chi connectivity index (χ1n) is 11.3. The minimum Gasteiger partial charge on any atom is -0.483 e. The number of benzene rings is 3. The van der Waals surface area contributed by atoms with Gasteiger partial charge in [-0.3, -0.25) is 9.59 Å². The average molecular weight is 523 g/mol. The number of hydrogen-bond acceptors (Lipinski definition) is 3. The van der Waals surface area contributed by atoms with Crippen molar-refractivity contribution < 1.29 is 14.3 Å². The van der Waals surface area contributed by atoms with Gasteiger partial charge in [0.15, 0.2) is 6.61 Å². The van der Waals surface area contributed by atoms with E-state index in [4.69, 9.17) is 4.74 Å². The quantitative estimate of drug-likeness (QED) is 0.409. The maximum absolute atomic E-state index is 12.9. The first-order valence-corrected chi connectivity index (χ1v) is 12.1. The summed E-state index contributed by atoms with van der Waals surface area (Å²) < 4.78 is 6.58. The number of ether oxygens (including phenoxy) is 1. The van der Waals surface area contributed by atoms with Crippen LogP contribution in [0.2, 0.25) is 0 Å². The zero-order valence-electron chi connectivity index (χ0n) is 20.1. The van der Waals surface area contributed by atoms with Crippen molar-refractivity contribution in [3.05, 3.63) is 94.0 Å². The fourth-order valence-corrected chi connectivity index (χ4v) is 3.97. The molecule has 0 heterocycles. The second kappa shape index (κ2) is 11.3. The Morgan fingerprint density at radius 3 is 2.32 bits per heavy atom. The number of likely N-dealkylation sites (N-methyl/N-ethyl adjacent to an activating group) is 1. The van der Waals surface area contributed by atoms with Crippen LogP contribution in [-0.4, -0.2) is 32.0 Å². The summed E-state index contributed by atoms with van der Waals surface area (Å²) in [6, 6.07) is 22.9. The minimum atomic E-state index is -0.253. The molecule has 0 unspecified atom stereocenters. The maximum Gasteiger partial charge on any atom is 0.264 e. The van der Waals surface area contributed by atoms with Crippen LogP contribution in [0.3, 0.4) is 0 Å². The van der Waals surface area contributed by atoms with Crippen molar-refractivity contribution in [1.29, 1.82) is 0 Å². The first-order chi connectivity index (χ1) is 16.2. The fraction of sp³-hybridized carbons (Fsp3) is 0.286. The van der Waals surface area contributed by atoms with E-state index >= 15 is 0 Å². The molecule has 0 aliphatic carbocycles. The molecule has 0 saturated carbocycles. The maximum atomic E-state index is 12.9. The Morgan fingerprint density at radius 1 is 0.971 bits per heavy atom. The van der Waals surface area contributed by atoms with Gasteiger partial charge in [-0.2, -0.15) is 0 Å². The summed E-state index contributed by atoms with van der Waals surface area (Å²) >= 11 is 3.54. The Labute approximate surface area is 210 Å². The summed E-state index contributed by atoms with van der Waals surface area (Å²) in [6.45, 7) is 6.79. The molecule has 5 nitrogen and oxygen atoms in total.